The lowest BCUT2D eigenvalue weighted by molar-refractivity contribution is 0.283. The van der Waals surface area contributed by atoms with Crippen molar-refractivity contribution >= 4 is 29.9 Å². The van der Waals surface area contributed by atoms with Crippen LogP contribution in [0, 0.1) is 0 Å². The first kappa shape index (κ1) is 32.9. The lowest BCUT2D eigenvalue weighted by atomic mass is 9.99. The summed E-state index contributed by atoms with van der Waals surface area (Å²) in [5.74, 6) is 1.28. The van der Waals surface area contributed by atoms with Crippen LogP contribution in [0.1, 0.15) is 117 Å². The van der Waals surface area contributed by atoms with Gasteiger partial charge < -0.3 is 9.29 Å². The number of aliphatic hydroxyl groups is 1. The highest BCUT2D eigenvalue weighted by Gasteiger charge is 2.15. The highest BCUT2D eigenvalue weighted by molar-refractivity contribution is 8.28. The van der Waals surface area contributed by atoms with E-state index in [1.54, 1.807) is 0 Å². The second-order valence-corrected chi connectivity index (χ2v) is 13.9. The van der Waals surface area contributed by atoms with Gasteiger partial charge in [0.2, 0.25) is 0 Å². The molecule has 2 nitrogen and oxygen atoms in total. The van der Waals surface area contributed by atoms with Gasteiger partial charge in [0.15, 0.2) is 0 Å². The van der Waals surface area contributed by atoms with Crippen LogP contribution < -0.4 is 0 Å². The lowest BCUT2D eigenvalue weighted by Crippen LogP contribution is -2.12. The fourth-order valence-corrected chi connectivity index (χ4v) is 5.74. The van der Waals surface area contributed by atoms with E-state index in [0.717, 1.165) is 32.0 Å². The molecular weight excluding hydrogens is 407 g/mol. The highest BCUT2D eigenvalue weighted by Crippen LogP contribution is 2.41. The molecule has 1 atom stereocenters. The zero-order valence-electron chi connectivity index (χ0n) is 21.3. The summed E-state index contributed by atoms with van der Waals surface area (Å²) in [4.78, 5) is 0. The van der Waals surface area contributed by atoms with Gasteiger partial charge in [-0.1, -0.05) is 97.2 Å². The molecule has 0 heterocycles. The number of aliphatic hydroxyl groups excluding tert-OH is 1. The summed E-state index contributed by atoms with van der Waals surface area (Å²) >= 11 is 2.07. The first-order valence-electron chi connectivity index (χ1n) is 12.7. The van der Waals surface area contributed by atoms with E-state index in [9.17, 15) is 0 Å². The second-order valence-electron chi connectivity index (χ2n) is 9.02. The van der Waals surface area contributed by atoms with Crippen molar-refractivity contribution in [2.24, 2.45) is 0 Å². The van der Waals surface area contributed by atoms with Crippen LogP contribution in [0.15, 0.2) is 0 Å². The van der Waals surface area contributed by atoms with Crippen LogP contribution in [0.25, 0.3) is 0 Å². The Labute approximate surface area is 198 Å². The smallest absolute Gasteiger partial charge is 0.115 e. The van der Waals surface area contributed by atoms with Gasteiger partial charge in [-0.3, -0.25) is 0 Å². The Morgan fingerprint density at radius 1 is 0.733 bits per heavy atom. The fourth-order valence-electron chi connectivity index (χ4n) is 3.10. The molecule has 0 amide bonds. The third-order valence-electron chi connectivity index (χ3n) is 4.85. The minimum absolute atomic E-state index is 0.324. The van der Waals surface area contributed by atoms with Crippen LogP contribution in [0.3, 0.4) is 0 Å². The standard InChI is InChI=1S/C19H42OS2.C6H13BO/c1-6-8-10-12-14-16-18-21-19(20-22(3,4)5)17-15-13-11-9-7-2;7-5-3-1-2-4-6-8/h19H,6-18H2,1-5H3;8H,1-6H2. The molecule has 0 aliphatic rings. The lowest BCUT2D eigenvalue weighted by Gasteiger charge is -2.31. The SMILES string of the molecule is CCCCCCCCSC(CCCCCCC)OS(C)(C)C.[B]CCCCCCO. The molecule has 0 spiro atoms. The minimum atomic E-state index is -0.846. The van der Waals surface area contributed by atoms with Gasteiger partial charge in [0.25, 0.3) is 0 Å². The molecule has 0 aliphatic heterocycles. The Balaban J connectivity index is 0. The van der Waals surface area contributed by atoms with Crippen molar-refractivity contribution in [1.82, 2.24) is 0 Å². The molecule has 0 bridgehead atoms. The van der Waals surface area contributed by atoms with E-state index < -0.39 is 10.3 Å². The number of unbranched alkanes of at least 4 members (excludes halogenated alkanes) is 12. The first-order valence-corrected chi connectivity index (χ1v) is 16.5. The van der Waals surface area contributed by atoms with E-state index >= 15 is 0 Å². The van der Waals surface area contributed by atoms with Crippen LogP contribution in [-0.2, 0) is 4.18 Å². The zero-order chi connectivity index (χ0) is 22.9. The van der Waals surface area contributed by atoms with Gasteiger partial charge in [-0.25, -0.2) is 0 Å². The van der Waals surface area contributed by atoms with Crippen molar-refractivity contribution in [2.75, 3.05) is 31.1 Å². The second kappa shape index (κ2) is 25.9. The Morgan fingerprint density at radius 2 is 1.23 bits per heavy atom. The molecule has 0 saturated carbocycles. The average Bonchev–Trinajstić information content (AvgIpc) is 2.69. The summed E-state index contributed by atoms with van der Waals surface area (Å²) in [7, 11) is 4.40. The molecule has 0 aromatic carbocycles. The van der Waals surface area contributed by atoms with E-state index in [2.05, 4.69) is 44.4 Å². The molecule has 0 saturated heterocycles. The topological polar surface area (TPSA) is 29.5 Å². The minimum Gasteiger partial charge on any atom is -0.396 e. The van der Waals surface area contributed by atoms with Gasteiger partial charge in [0.1, 0.15) is 5.44 Å². The maximum Gasteiger partial charge on any atom is 0.115 e. The number of rotatable bonds is 21. The molecule has 30 heavy (non-hydrogen) atoms. The summed E-state index contributed by atoms with van der Waals surface area (Å²) in [6, 6.07) is 0. The molecule has 1 unspecified atom stereocenters. The van der Waals surface area contributed by atoms with Gasteiger partial charge in [-0.2, -0.15) is 0 Å². The van der Waals surface area contributed by atoms with Crippen molar-refractivity contribution in [1.29, 1.82) is 0 Å². The Bertz CT molecular complexity index is 306. The quantitative estimate of drug-likeness (QED) is 0.105. The van der Waals surface area contributed by atoms with Crippen molar-refractivity contribution in [3.63, 3.8) is 0 Å². The van der Waals surface area contributed by atoms with Crippen LogP contribution in [0.2, 0.25) is 6.32 Å². The van der Waals surface area contributed by atoms with Crippen LogP contribution in [0.5, 0.6) is 0 Å². The monoisotopic (exact) mass is 462 g/mol. The van der Waals surface area contributed by atoms with Crippen LogP contribution in [-0.4, -0.2) is 49.5 Å². The zero-order valence-corrected chi connectivity index (χ0v) is 22.9. The molecule has 2 radical (unpaired) electrons. The Morgan fingerprint density at radius 3 is 1.77 bits per heavy atom. The molecule has 0 aliphatic carbocycles. The largest absolute Gasteiger partial charge is 0.396 e. The fraction of sp³-hybridized carbons (Fsp3) is 1.00. The van der Waals surface area contributed by atoms with Crippen molar-refractivity contribution in [3.8, 4) is 0 Å². The first-order chi connectivity index (χ1) is 14.4. The molecule has 0 fully saturated rings. The summed E-state index contributed by atoms with van der Waals surface area (Å²) in [5, 5.41) is 8.33. The highest BCUT2D eigenvalue weighted by atomic mass is 32.3. The average molecular weight is 463 g/mol. The number of hydrogen-bond acceptors (Lipinski definition) is 3. The molecule has 182 valence electrons. The molecule has 0 rings (SSSR count). The normalized spacial score (nSPS) is 13.0. The van der Waals surface area contributed by atoms with Crippen molar-refractivity contribution in [3.05, 3.63) is 0 Å². The summed E-state index contributed by atoms with van der Waals surface area (Å²) in [6.07, 6.45) is 28.3. The Hall–Kier alpha value is 0.685. The van der Waals surface area contributed by atoms with E-state index in [4.69, 9.17) is 17.1 Å². The van der Waals surface area contributed by atoms with Gasteiger partial charge in [-0.15, -0.1) is 22.1 Å². The summed E-state index contributed by atoms with van der Waals surface area (Å²) < 4.78 is 6.34. The molecule has 1 N–H and O–H groups in total. The van der Waals surface area contributed by atoms with E-state index in [0.29, 0.717) is 12.0 Å². The van der Waals surface area contributed by atoms with Gasteiger partial charge in [0, 0.05) is 6.61 Å². The number of hydrogen-bond donors (Lipinski definition) is 1. The van der Waals surface area contributed by atoms with Crippen LogP contribution in [0.4, 0.5) is 0 Å². The molecule has 0 aromatic heterocycles. The third kappa shape index (κ3) is 30.9. The van der Waals surface area contributed by atoms with E-state index in [1.165, 1.54) is 82.8 Å². The summed E-state index contributed by atoms with van der Waals surface area (Å²) in [6.45, 7) is 4.89. The predicted octanol–water partition coefficient (Wildman–Crippen LogP) is 8.52. The molecule has 5 heteroatoms. The summed E-state index contributed by atoms with van der Waals surface area (Å²) in [5.41, 5.74) is 0.437. The third-order valence-corrected chi connectivity index (χ3v) is 7.01. The van der Waals surface area contributed by atoms with E-state index in [1.807, 2.05) is 0 Å². The van der Waals surface area contributed by atoms with Gasteiger partial charge in [-0.05, 0) is 50.2 Å². The number of thioether (sulfide) groups is 1. The van der Waals surface area contributed by atoms with Crippen molar-refractivity contribution in [2.45, 2.75) is 128 Å². The molecular formula is C25H55BO2S2. The molecule has 0 aromatic rings. The van der Waals surface area contributed by atoms with Crippen LogP contribution >= 0.6 is 22.1 Å². The van der Waals surface area contributed by atoms with Gasteiger partial charge in [0.05, 0.1) is 7.85 Å². The maximum absolute atomic E-state index is 8.33. The predicted molar refractivity (Wildman–Crippen MR) is 146 cm³/mol. The van der Waals surface area contributed by atoms with E-state index in [-0.39, 0.29) is 0 Å². The maximum atomic E-state index is 8.33. The van der Waals surface area contributed by atoms with Gasteiger partial charge >= 0.3 is 0 Å². The van der Waals surface area contributed by atoms with Crippen molar-refractivity contribution < 1.29 is 9.29 Å². The Kier molecular flexibility index (Phi) is 28.4.